The minimum absolute atomic E-state index is 0.0492. The summed E-state index contributed by atoms with van der Waals surface area (Å²) < 4.78 is 38.1. The molecule has 0 radical (unpaired) electrons. The van der Waals surface area contributed by atoms with E-state index in [2.05, 4.69) is 0 Å². The van der Waals surface area contributed by atoms with Gasteiger partial charge in [0.15, 0.2) is 0 Å². The Morgan fingerprint density at radius 3 is 2.47 bits per heavy atom. The lowest BCUT2D eigenvalue weighted by Gasteiger charge is -2.29. The van der Waals surface area contributed by atoms with E-state index in [1.165, 1.54) is 4.90 Å². The summed E-state index contributed by atoms with van der Waals surface area (Å²) in [4.78, 5) is 1.38. The zero-order valence-electron chi connectivity index (χ0n) is 10.8. The molecule has 1 aromatic rings. The first-order valence-corrected chi connectivity index (χ1v) is 6.52. The highest BCUT2D eigenvalue weighted by atomic mass is 19.4. The molecule has 2 rings (SSSR count). The second kappa shape index (κ2) is 5.41. The van der Waals surface area contributed by atoms with Gasteiger partial charge in [-0.25, -0.2) is 0 Å². The average molecular weight is 273 g/mol. The van der Waals surface area contributed by atoms with Gasteiger partial charge in [0.25, 0.3) is 0 Å². The van der Waals surface area contributed by atoms with Crippen LogP contribution in [-0.2, 0) is 0 Å². The van der Waals surface area contributed by atoms with Gasteiger partial charge in [-0.3, -0.25) is 0 Å². The Morgan fingerprint density at radius 2 is 1.95 bits per heavy atom. The lowest BCUT2D eigenvalue weighted by atomic mass is 10.0. The van der Waals surface area contributed by atoms with Crippen molar-refractivity contribution in [1.29, 1.82) is 0 Å². The Balaban J connectivity index is 2.31. The fourth-order valence-electron chi connectivity index (χ4n) is 2.24. The molecule has 19 heavy (non-hydrogen) atoms. The molecule has 0 saturated heterocycles. The molecule has 1 unspecified atom stereocenters. The minimum atomic E-state index is -4.23. The number of para-hydroxylation sites is 1. The van der Waals surface area contributed by atoms with E-state index in [9.17, 15) is 18.3 Å². The van der Waals surface area contributed by atoms with Gasteiger partial charge in [0.1, 0.15) is 6.54 Å². The van der Waals surface area contributed by atoms with Gasteiger partial charge in [0, 0.05) is 17.3 Å². The molecule has 0 amide bonds. The van der Waals surface area contributed by atoms with E-state index < -0.39 is 18.8 Å². The van der Waals surface area contributed by atoms with Crippen molar-refractivity contribution in [3.63, 3.8) is 0 Å². The van der Waals surface area contributed by atoms with Gasteiger partial charge in [-0.1, -0.05) is 25.1 Å². The first-order valence-electron chi connectivity index (χ1n) is 6.52. The molecule has 5 heteroatoms. The van der Waals surface area contributed by atoms with E-state index in [4.69, 9.17) is 0 Å². The van der Waals surface area contributed by atoms with Gasteiger partial charge in [-0.05, 0) is 25.3 Å². The van der Waals surface area contributed by atoms with Gasteiger partial charge in [-0.2, -0.15) is 13.2 Å². The molecule has 1 aromatic carbocycles. The number of rotatable bonds is 5. The predicted octanol–water partition coefficient (Wildman–Crippen LogP) is 3.66. The quantitative estimate of drug-likeness (QED) is 0.885. The maximum atomic E-state index is 12.7. The number of aliphatic hydroxyl groups excluding tert-OH is 1. The summed E-state index contributed by atoms with van der Waals surface area (Å²) in [5.41, 5.74) is 1.10. The summed E-state index contributed by atoms with van der Waals surface area (Å²) in [5, 5.41) is 9.95. The molecule has 0 aromatic heterocycles. The van der Waals surface area contributed by atoms with Crippen LogP contribution in [0.25, 0.3) is 0 Å². The standard InChI is InChI=1S/C14H18F3NO/c1-2-13(19)11-5-3-4-6-12(11)18(10-7-8-10)9-14(15,16)17/h3-6,10,13,19H,2,7-9H2,1H3. The molecular weight excluding hydrogens is 255 g/mol. The van der Waals surface area contributed by atoms with Gasteiger partial charge in [0.2, 0.25) is 0 Å². The third kappa shape index (κ3) is 3.62. The lowest BCUT2D eigenvalue weighted by molar-refractivity contribution is -0.120. The fraction of sp³-hybridized carbons (Fsp3) is 0.571. The maximum absolute atomic E-state index is 12.7. The maximum Gasteiger partial charge on any atom is 0.405 e. The third-order valence-electron chi connectivity index (χ3n) is 3.33. The largest absolute Gasteiger partial charge is 0.405 e. The van der Waals surface area contributed by atoms with Crippen molar-refractivity contribution in [1.82, 2.24) is 0 Å². The lowest BCUT2D eigenvalue weighted by Crippen LogP contribution is -2.36. The van der Waals surface area contributed by atoms with Crippen molar-refractivity contribution >= 4 is 5.69 Å². The summed E-state index contributed by atoms with van der Waals surface area (Å²) >= 11 is 0. The van der Waals surface area contributed by atoms with Crippen molar-refractivity contribution in [3.8, 4) is 0 Å². The van der Waals surface area contributed by atoms with E-state index in [-0.39, 0.29) is 6.04 Å². The second-order valence-corrected chi connectivity index (χ2v) is 4.96. The highest BCUT2D eigenvalue weighted by Gasteiger charge is 2.39. The molecule has 1 saturated carbocycles. The Hall–Kier alpha value is -1.23. The van der Waals surface area contributed by atoms with Crippen LogP contribution in [0.2, 0.25) is 0 Å². The molecule has 0 bridgehead atoms. The number of nitrogens with zero attached hydrogens (tertiary/aromatic N) is 1. The minimum Gasteiger partial charge on any atom is -0.388 e. The number of aliphatic hydroxyl groups is 1. The molecule has 2 nitrogen and oxygen atoms in total. The normalized spacial score (nSPS) is 17.3. The molecular formula is C14H18F3NO. The molecule has 1 N–H and O–H groups in total. The van der Waals surface area contributed by atoms with Gasteiger partial charge in [0.05, 0.1) is 6.10 Å². The molecule has 0 spiro atoms. The van der Waals surface area contributed by atoms with Gasteiger partial charge < -0.3 is 10.0 Å². The first kappa shape index (κ1) is 14.2. The molecule has 0 heterocycles. The predicted molar refractivity (Wildman–Crippen MR) is 68.1 cm³/mol. The van der Waals surface area contributed by atoms with Crippen molar-refractivity contribution < 1.29 is 18.3 Å². The highest BCUT2D eigenvalue weighted by Crippen LogP contribution is 2.38. The van der Waals surface area contributed by atoms with E-state index in [0.717, 1.165) is 12.8 Å². The topological polar surface area (TPSA) is 23.5 Å². The Kier molecular flexibility index (Phi) is 4.04. The Morgan fingerprint density at radius 1 is 1.32 bits per heavy atom. The Labute approximate surface area is 110 Å². The van der Waals surface area contributed by atoms with Gasteiger partial charge in [-0.15, -0.1) is 0 Å². The second-order valence-electron chi connectivity index (χ2n) is 4.96. The molecule has 1 aliphatic rings. The Bertz CT molecular complexity index is 429. The number of hydrogen-bond donors (Lipinski definition) is 1. The van der Waals surface area contributed by atoms with Crippen molar-refractivity contribution in [2.24, 2.45) is 0 Å². The van der Waals surface area contributed by atoms with Crippen LogP contribution in [0.15, 0.2) is 24.3 Å². The molecule has 0 aliphatic heterocycles. The van der Waals surface area contributed by atoms with Crippen molar-refractivity contribution in [2.75, 3.05) is 11.4 Å². The number of benzene rings is 1. The summed E-state index contributed by atoms with van der Waals surface area (Å²) in [6.07, 6.45) is -2.89. The summed E-state index contributed by atoms with van der Waals surface area (Å²) in [6.45, 7) is 0.859. The van der Waals surface area contributed by atoms with Crippen LogP contribution in [0.3, 0.4) is 0 Å². The number of hydrogen-bond acceptors (Lipinski definition) is 2. The molecule has 1 fully saturated rings. The number of anilines is 1. The first-order chi connectivity index (χ1) is 8.92. The highest BCUT2D eigenvalue weighted by molar-refractivity contribution is 5.56. The molecule has 106 valence electrons. The van der Waals surface area contributed by atoms with Crippen LogP contribution in [0.1, 0.15) is 37.9 Å². The van der Waals surface area contributed by atoms with Crippen LogP contribution in [0, 0.1) is 0 Å². The smallest absolute Gasteiger partial charge is 0.388 e. The van der Waals surface area contributed by atoms with E-state index in [1.807, 2.05) is 6.92 Å². The van der Waals surface area contributed by atoms with Crippen LogP contribution in [0.5, 0.6) is 0 Å². The zero-order valence-corrected chi connectivity index (χ0v) is 10.8. The van der Waals surface area contributed by atoms with Crippen LogP contribution < -0.4 is 4.90 Å². The van der Waals surface area contributed by atoms with Crippen LogP contribution in [-0.4, -0.2) is 23.9 Å². The van der Waals surface area contributed by atoms with Crippen LogP contribution >= 0.6 is 0 Å². The molecule has 1 aliphatic carbocycles. The summed E-state index contributed by atoms with van der Waals surface area (Å²) in [5.74, 6) is 0. The van der Waals surface area contributed by atoms with E-state index in [0.29, 0.717) is 17.7 Å². The van der Waals surface area contributed by atoms with Crippen molar-refractivity contribution in [2.45, 2.75) is 44.5 Å². The van der Waals surface area contributed by atoms with E-state index >= 15 is 0 Å². The SMILES string of the molecule is CCC(O)c1ccccc1N(CC(F)(F)F)C1CC1. The monoisotopic (exact) mass is 273 g/mol. The van der Waals surface area contributed by atoms with Gasteiger partial charge >= 0.3 is 6.18 Å². The molecule has 1 atom stereocenters. The fourth-order valence-corrected chi connectivity index (χ4v) is 2.24. The zero-order chi connectivity index (χ0) is 14.0. The number of halogens is 3. The van der Waals surface area contributed by atoms with Crippen molar-refractivity contribution in [3.05, 3.63) is 29.8 Å². The summed E-state index contributed by atoms with van der Waals surface area (Å²) in [7, 11) is 0. The van der Waals surface area contributed by atoms with Crippen LogP contribution in [0.4, 0.5) is 18.9 Å². The third-order valence-corrected chi connectivity index (χ3v) is 3.33. The van der Waals surface area contributed by atoms with E-state index in [1.54, 1.807) is 24.3 Å². The average Bonchev–Trinajstić information content (AvgIpc) is 3.18. The summed E-state index contributed by atoms with van der Waals surface area (Å²) in [6, 6.07) is 6.78. The number of alkyl halides is 3.